The van der Waals surface area contributed by atoms with Gasteiger partial charge in [-0.05, 0) is 28.5 Å². The van der Waals surface area contributed by atoms with Crippen molar-refractivity contribution in [1.29, 1.82) is 0 Å². The molecule has 1 unspecified atom stereocenters. The predicted molar refractivity (Wildman–Crippen MR) is 74.2 cm³/mol. The Morgan fingerprint density at radius 3 is 2.76 bits per heavy atom. The van der Waals surface area contributed by atoms with Gasteiger partial charge in [-0.1, -0.05) is 6.92 Å². The molecule has 2 aromatic rings. The number of rotatable bonds is 5. The first-order chi connectivity index (χ1) is 8.29. The van der Waals surface area contributed by atoms with Crippen LogP contribution < -0.4 is 5.32 Å². The molecule has 1 N–H and O–H groups in total. The number of hydrogen-bond donors (Lipinski definition) is 1. The molecule has 2 heterocycles. The normalized spacial score (nSPS) is 12.6. The van der Waals surface area contributed by atoms with Crippen molar-refractivity contribution in [2.45, 2.75) is 19.4 Å². The van der Waals surface area contributed by atoms with E-state index in [0.29, 0.717) is 0 Å². The highest BCUT2D eigenvalue weighted by molar-refractivity contribution is 9.10. The second-order valence-corrected chi connectivity index (χ2v) is 5.63. The first kappa shape index (κ1) is 12.7. The Hall–Kier alpha value is -0.780. The SMILES string of the molecule is CCNC(Cc1cc(Br)cs1)c1cncnc1. The summed E-state index contributed by atoms with van der Waals surface area (Å²) >= 11 is 5.25. The van der Waals surface area contributed by atoms with Crippen molar-refractivity contribution in [3.8, 4) is 0 Å². The molecule has 90 valence electrons. The highest BCUT2D eigenvalue weighted by Crippen LogP contribution is 2.25. The number of aromatic nitrogens is 2. The van der Waals surface area contributed by atoms with Gasteiger partial charge in [-0.3, -0.25) is 0 Å². The molecule has 0 aliphatic rings. The zero-order valence-corrected chi connectivity index (χ0v) is 12.0. The molecular formula is C12H14BrN3S. The van der Waals surface area contributed by atoms with Crippen LogP contribution in [0.15, 0.2) is 34.6 Å². The third-order valence-corrected chi connectivity index (χ3v) is 4.18. The number of hydrogen-bond acceptors (Lipinski definition) is 4. The topological polar surface area (TPSA) is 37.8 Å². The largest absolute Gasteiger partial charge is 0.310 e. The van der Waals surface area contributed by atoms with E-state index < -0.39 is 0 Å². The van der Waals surface area contributed by atoms with E-state index in [4.69, 9.17) is 0 Å². The number of thiophene rings is 1. The Labute approximate surface area is 113 Å². The molecule has 2 rings (SSSR count). The van der Waals surface area contributed by atoms with Crippen LogP contribution in [0.1, 0.15) is 23.4 Å². The van der Waals surface area contributed by atoms with Crippen LogP contribution in [0.3, 0.4) is 0 Å². The van der Waals surface area contributed by atoms with Gasteiger partial charge in [-0.15, -0.1) is 11.3 Å². The van der Waals surface area contributed by atoms with Gasteiger partial charge in [0.15, 0.2) is 0 Å². The Balaban J connectivity index is 2.13. The second-order valence-electron chi connectivity index (χ2n) is 3.72. The smallest absolute Gasteiger partial charge is 0.115 e. The fraction of sp³-hybridized carbons (Fsp3) is 0.333. The van der Waals surface area contributed by atoms with Gasteiger partial charge in [0.05, 0.1) is 0 Å². The van der Waals surface area contributed by atoms with Crippen molar-refractivity contribution in [1.82, 2.24) is 15.3 Å². The predicted octanol–water partition coefficient (Wildman–Crippen LogP) is 3.19. The Bertz CT molecular complexity index is 458. The number of nitrogens with zero attached hydrogens (tertiary/aromatic N) is 2. The van der Waals surface area contributed by atoms with Crippen molar-refractivity contribution < 1.29 is 0 Å². The van der Waals surface area contributed by atoms with Crippen LogP contribution in [0, 0.1) is 0 Å². The summed E-state index contributed by atoms with van der Waals surface area (Å²) in [4.78, 5) is 9.51. The van der Waals surface area contributed by atoms with E-state index in [2.05, 4.69) is 49.6 Å². The average Bonchev–Trinajstić information content (AvgIpc) is 2.75. The lowest BCUT2D eigenvalue weighted by molar-refractivity contribution is 0.549. The lowest BCUT2D eigenvalue weighted by atomic mass is 10.1. The molecule has 3 nitrogen and oxygen atoms in total. The molecule has 5 heteroatoms. The fourth-order valence-corrected chi connectivity index (χ4v) is 3.20. The van der Waals surface area contributed by atoms with Gasteiger partial charge in [-0.25, -0.2) is 9.97 Å². The monoisotopic (exact) mass is 311 g/mol. The van der Waals surface area contributed by atoms with Crippen molar-refractivity contribution in [3.63, 3.8) is 0 Å². The number of likely N-dealkylation sites (N-methyl/N-ethyl adjacent to an activating group) is 1. The molecule has 0 saturated heterocycles. The summed E-state index contributed by atoms with van der Waals surface area (Å²) in [6.07, 6.45) is 6.29. The maximum absolute atomic E-state index is 4.08. The van der Waals surface area contributed by atoms with Crippen LogP contribution in [-0.2, 0) is 6.42 Å². The standard InChI is InChI=1S/C12H14BrN3S/c1-2-16-12(9-5-14-8-15-6-9)4-11-3-10(13)7-17-11/h3,5-8,12,16H,2,4H2,1H3. The Morgan fingerprint density at radius 1 is 1.41 bits per heavy atom. The van der Waals surface area contributed by atoms with Crippen LogP contribution in [-0.4, -0.2) is 16.5 Å². The molecule has 0 spiro atoms. The summed E-state index contributed by atoms with van der Waals surface area (Å²) < 4.78 is 1.15. The van der Waals surface area contributed by atoms with E-state index in [1.54, 1.807) is 17.7 Å². The Kier molecular flexibility index (Phi) is 4.65. The summed E-state index contributed by atoms with van der Waals surface area (Å²) in [5.74, 6) is 0. The minimum Gasteiger partial charge on any atom is -0.310 e. The zero-order chi connectivity index (χ0) is 12.1. The van der Waals surface area contributed by atoms with Crippen LogP contribution >= 0.6 is 27.3 Å². The highest BCUT2D eigenvalue weighted by atomic mass is 79.9. The molecule has 0 fully saturated rings. The van der Waals surface area contributed by atoms with E-state index >= 15 is 0 Å². The Morgan fingerprint density at radius 2 is 2.18 bits per heavy atom. The average molecular weight is 312 g/mol. The molecule has 1 atom stereocenters. The number of nitrogens with one attached hydrogen (secondary N) is 1. The van der Waals surface area contributed by atoms with Gasteiger partial charge in [0.1, 0.15) is 6.33 Å². The van der Waals surface area contributed by atoms with Crippen LogP contribution in [0.2, 0.25) is 0 Å². The van der Waals surface area contributed by atoms with E-state index in [0.717, 1.165) is 23.0 Å². The van der Waals surface area contributed by atoms with E-state index in [9.17, 15) is 0 Å². The van der Waals surface area contributed by atoms with Crippen molar-refractivity contribution >= 4 is 27.3 Å². The van der Waals surface area contributed by atoms with Crippen molar-refractivity contribution in [2.24, 2.45) is 0 Å². The fourth-order valence-electron chi connectivity index (χ4n) is 1.71. The summed E-state index contributed by atoms with van der Waals surface area (Å²) in [6.45, 7) is 3.05. The summed E-state index contributed by atoms with van der Waals surface area (Å²) in [6, 6.07) is 2.45. The van der Waals surface area contributed by atoms with E-state index in [-0.39, 0.29) is 6.04 Å². The molecule has 0 aliphatic carbocycles. The van der Waals surface area contributed by atoms with Gasteiger partial charge in [0.2, 0.25) is 0 Å². The molecular weight excluding hydrogens is 298 g/mol. The van der Waals surface area contributed by atoms with Crippen LogP contribution in [0.5, 0.6) is 0 Å². The zero-order valence-electron chi connectivity index (χ0n) is 9.56. The van der Waals surface area contributed by atoms with Gasteiger partial charge in [0, 0.05) is 45.1 Å². The van der Waals surface area contributed by atoms with Gasteiger partial charge < -0.3 is 5.32 Å². The van der Waals surface area contributed by atoms with Gasteiger partial charge in [-0.2, -0.15) is 0 Å². The maximum Gasteiger partial charge on any atom is 0.115 e. The maximum atomic E-state index is 4.08. The van der Waals surface area contributed by atoms with Crippen molar-refractivity contribution in [3.05, 3.63) is 45.1 Å². The quantitative estimate of drug-likeness (QED) is 0.921. The minimum atomic E-state index is 0.284. The molecule has 0 bridgehead atoms. The van der Waals surface area contributed by atoms with Crippen LogP contribution in [0.25, 0.3) is 0 Å². The summed E-state index contributed by atoms with van der Waals surface area (Å²) in [5.41, 5.74) is 1.14. The molecule has 0 aromatic carbocycles. The summed E-state index contributed by atoms with van der Waals surface area (Å²) in [7, 11) is 0. The molecule has 2 aromatic heterocycles. The first-order valence-corrected chi connectivity index (χ1v) is 7.18. The lowest BCUT2D eigenvalue weighted by Gasteiger charge is -2.16. The van der Waals surface area contributed by atoms with Crippen molar-refractivity contribution in [2.75, 3.05) is 6.54 Å². The molecule has 17 heavy (non-hydrogen) atoms. The van der Waals surface area contributed by atoms with Crippen LogP contribution in [0.4, 0.5) is 0 Å². The molecule has 0 aliphatic heterocycles. The number of halogens is 1. The third kappa shape index (κ3) is 3.59. The van der Waals surface area contributed by atoms with E-state index in [1.807, 2.05) is 12.4 Å². The summed E-state index contributed by atoms with van der Waals surface area (Å²) in [5, 5.41) is 5.58. The highest BCUT2D eigenvalue weighted by Gasteiger charge is 2.12. The van der Waals surface area contributed by atoms with E-state index in [1.165, 1.54) is 4.88 Å². The third-order valence-electron chi connectivity index (χ3n) is 2.46. The molecule has 0 radical (unpaired) electrons. The van der Waals surface area contributed by atoms with Gasteiger partial charge >= 0.3 is 0 Å². The van der Waals surface area contributed by atoms with Gasteiger partial charge in [0.25, 0.3) is 0 Å². The minimum absolute atomic E-state index is 0.284. The second kappa shape index (κ2) is 6.23. The first-order valence-electron chi connectivity index (χ1n) is 5.50. The lowest BCUT2D eigenvalue weighted by Crippen LogP contribution is -2.22. The molecule has 0 amide bonds. The molecule has 0 saturated carbocycles.